The number of rotatable bonds is 4. The summed E-state index contributed by atoms with van der Waals surface area (Å²) in [4.78, 5) is 11.1. The average Bonchev–Trinajstić information content (AvgIpc) is 3.18. The molecular formula is C38H24F9O4P. The SMILES string of the molecule is Cc1cc(C(F)(F)F)ccc1Cc1cc2ccccc2c2c1OP(=O)(O)Oc1c(Cc3ccc(C(F)(F)F)cc3C(F)(F)F)cc3ccccc3c1-2. The quantitative estimate of drug-likeness (QED) is 0.144. The van der Waals surface area contributed by atoms with Crippen molar-refractivity contribution in [1.82, 2.24) is 0 Å². The van der Waals surface area contributed by atoms with E-state index in [0.29, 0.717) is 50.4 Å². The maximum Gasteiger partial charge on any atom is 0.584 e. The first-order chi connectivity index (χ1) is 24.3. The molecule has 1 N–H and O–H groups in total. The highest BCUT2D eigenvalue weighted by Gasteiger charge is 2.40. The van der Waals surface area contributed by atoms with Gasteiger partial charge in [0.05, 0.1) is 16.7 Å². The zero-order chi connectivity index (χ0) is 37.4. The first-order valence-electron chi connectivity index (χ1n) is 15.6. The van der Waals surface area contributed by atoms with Crippen LogP contribution in [0.3, 0.4) is 0 Å². The van der Waals surface area contributed by atoms with E-state index < -0.39 is 55.0 Å². The number of phosphoric ester groups is 1. The van der Waals surface area contributed by atoms with E-state index >= 15 is 0 Å². The molecule has 4 nitrogen and oxygen atoms in total. The molecule has 0 bridgehead atoms. The number of halogens is 9. The normalized spacial score (nSPS) is 16.2. The van der Waals surface area contributed by atoms with Crippen molar-refractivity contribution in [3.63, 3.8) is 0 Å². The van der Waals surface area contributed by atoms with Crippen LogP contribution in [-0.4, -0.2) is 4.89 Å². The van der Waals surface area contributed by atoms with Gasteiger partial charge in [-0.05, 0) is 81.6 Å². The van der Waals surface area contributed by atoms with Crippen molar-refractivity contribution in [2.45, 2.75) is 38.3 Å². The van der Waals surface area contributed by atoms with E-state index in [1.54, 1.807) is 54.6 Å². The Labute approximate surface area is 289 Å². The summed E-state index contributed by atoms with van der Waals surface area (Å²) < 4.78 is 149. The molecule has 1 aliphatic heterocycles. The van der Waals surface area contributed by atoms with Gasteiger partial charge in [-0.3, -0.25) is 4.89 Å². The number of aryl methyl sites for hydroxylation is 1. The van der Waals surface area contributed by atoms with Gasteiger partial charge >= 0.3 is 26.4 Å². The lowest BCUT2D eigenvalue weighted by Gasteiger charge is -2.20. The van der Waals surface area contributed by atoms with E-state index in [1.807, 2.05) is 0 Å². The van der Waals surface area contributed by atoms with Gasteiger partial charge in [0, 0.05) is 35.1 Å². The maximum absolute atomic E-state index is 14.2. The number of fused-ring (bicyclic) bond motifs is 7. The van der Waals surface area contributed by atoms with Crippen LogP contribution in [0.2, 0.25) is 0 Å². The van der Waals surface area contributed by atoms with Crippen LogP contribution >= 0.6 is 7.82 Å². The van der Waals surface area contributed by atoms with Crippen LogP contribution in [0.4, 0.5) is 39.5 Å². The van der Waals surface area contributed by atoms with Crippen LogP contribution in [-0.2, 0) is 35.9 Å². The van der Waals surface area contributed by atoms with Crippen molar-refractivity contribution >= 4 is 29.4 Å². The van der Waals surface area contributed by atoms with Crippen LogP contribution in [0.1, 0.15) is 44.5 Å². The van der Waals surface area contributed by atoms with Crippen LogP contribution in [0.5, 0.6) is 11.5 Å². The molecule has 0 radical (unpaired) electrons. The van der Waals surface area contributed by atoms with E-state index in [1.165, 1.54) is 19.1 Å². The largest absolute Gasteiger partial charge is 0.584 e. The third-order valence-electron chi connectivity index (χ3n) is 8.99. The number of hydrogen-bond donors (Lipinski definition) is 1. The molecule has 0 saturated carbocycles. The van der Waals surface area contributed by atoms with E-state index in [4.69, 9.17) is 9.05 Å². The van der Waals surface area contributed by atoms with Crippen molar-refractivity contribution in [1.29, 1.82) is 0 Å². The second-order valence-electron chi connectivity index (χ2n) is 12.4. The van der Waals surface area contributed by atoms with Gasteiger partial charge in [0.15, 0.2) is 0 Å². The Kier molecular flexibility index (Phi) is 8.38. The molecule has 0 amide bonds. The fourth-order valence-electron chi connectivity index (χ4n) is 6.64. The molecule has 1 aliphatic rings. The Morgan fingerprint density at radius 1 is 0.558 bits per heavy atom. The van der Waals surface area contributed by atoms with Crippen molar-refractivity contribution in [2.75, 3.05) is 0 Å². The first kappa shape index (κ1) is 35.4. The van der Waals surface area contributed by atoms with Crippen LogP contribution < -0.4 is 9.05 Å². The summed E-state index contributed by atoms with van der Waals surface area (Å²) in [5.74, 6) is -0.445. The zero-order valence-electron chi connectivity index (χ0n) is 26.7. The molecule has 7 rings (SSSR count). The first-order valence-corrected chi connectivity index (χ1v) is 17.1. The van der Waals surface area contributed by atoms with Crippen LogP contribution in [0.25, 0.3) is 32.7 Å². The Bertz CT molecular complexity index is 2450. The monoisotopic (exact) mass is 746 g/mol. The lowest BCUT2D eigenvalue weighted by Crippen LogP contribution is -2.14. The van der Waals surface area contributed by atoms with E-state index in [2.05, 4.69) is 0 Å². The van der Waals surface area contributed by atoms with Gasteiger partial charge in [0.1, 0.15) is 11.5 Å². The summed E-state index contributed by atoms with van der Waals surface area (Å²) in [6.07, 6.45) is -15.5. The van der Waals surface area contributed by atoms with Gasteiger partial charge in [0.25, 0.3) is 0 Å². The summed E-state index contributed by atoms with van der Waals surface area (Å²) in [6.45, 7) is 1.50. The maximum atomic E-state index is 14.2. The van der Waals surface area contributed by atoms with E-state index in [0.717, 1.165) is 12.1 Å². The Morgan fingerprint density at radius 2 is 1.00 bits per heavy atom. The number of alkyl halides is 9. The van der Waals surface area contributed by atoms with Gasteiger partial charge in [-0.2, -0.15) is 39.5 Å². The second-order valence-corrected chi connectivity index (χ2v) is 13.7. The lowest BCUT2D eigenvalue weighted by molar-refractivity contribution is -0.143. The third-order valence-corrected chi connectivity index (χ3v) is 9.82. The minimum absolute atomic E-state index is 0.0221. The van der Waals surface area contributed by atoms with Crippen LogP contribution in [0, 0.1) is 6.92 Å². The fraction of sp³-hybridized carbons (Fsp3) is 0.158. The molecule has 6 aromatic rings. The molecule has 1 heterocycles. The standard InChI is InChI=1S/C38H24F9O4P/c1-20-14-27(36(39,40)41)12-10-21(20)15-25-16-22-6-2-4-8-29(22)32-33-30-9-5-3-7-23(30)17-26(35(33)51-52(48,49)50-34(25)32)18-24-11-13-28(37(42,43)44)19-31(24)38(45,46)47/h2-14,16-17,19H,15,18H2,1H3,(H,48,49). The lowest BCUT2D eigenvalue weighted by atomic mass is 9.86. The Balaban J connectivity index is 1.51. The minimum atomic E-state index is -5.19. The highest BCUT2D eigenvalue weighted by molar-refractivity contribution is 7.48. The van der Waals surface area contributed by atoms with Gasteiger partial charge in [0.2, 0.25) is 0 Å². The second kappa shape index (κ2) is 12.3. The predicted octanol–water partition coefficient (Wildman–Crippen LogP) is 12.1. The summed E-state index contributed by atoms with van der Waals surface area (Å²) in [7, 11) is -5.15. The number of phosphoric acid groups is 1. The molecule has 6 aromatic carbocycles. The summed E-state index contributed by atoms with van der Waals surface area (Å²) in [5, 5.41) is 2.00. The molecular weight excluding hydrogens is 722 g/mol. The molecule has 1 atom stereocenters. The predicted molar refractivity (Wildman–Crippen MR) is 176 cm³/mol. The molecule has 0 saturated heterocycles. The van der Waals surface area contributed by atoms with E-state index in [-0.39, 0.29) is 40.7 Å². The average molecular weight is 747 g/mol. The van der Waals surface area contributed by atoms with Crippen molar-refractivity contribution in [2.24, 2.45) is 0 Å². The van der Waals surface area contributed by atoms with Crippen molar-refractivity contribution < 1.29 is 58.0 Å². The van der Waals surface area contributed by atoms with Crippen LogP contribution in [0.15, 0.2) is 97.1 Å². The van der Waals surface area contributed by atoms with Gasteiger partial charge in [-0.25, -0.2) is 4.57 Å². The smallest absolute Gasteiger partial charge is 0.394 e. The molecule has 268 valence electrons. The van der Waals surface area contributed by atoms with Gasteiger partial charge in [-0.1, -0.05) is 60.7 Å². The molecule has 0 aliphatic carbocycles. The van der Waals surface area contributed by atoms with Crippen molar-refractivity contribution in [3.05, 3.63) is 142 Å². The van der Waals surface area contributed by atoms with Gasteiger partial charge < -0.3 is 9.05 Å². The zero-order valence-corrected chi connectivity index (χ0v) is 27.6. The Morgan fingerprint density at radius 3 is 1.46 bits per heavy atom. The summed E-state index contributed by atoms with van der Waals surface area (Å²) in [5.41, 5.74) is -3.02. The molecule has 0 fully saturated rings. The molecule has 52 heavy (non-hydrogen) atoms. The summed E-state index contributed by atoms with van der Waals surface area (Å²) >= 11 is 0. The number of benzene rings is 6. The summed E-state index contributed by atoms with van der Waals surface area (Å²) in [6, 6.07) is 21.1. The molecule has 1 unspecified atom stereocenters. The highest BCUT2D eigenvalue weighted by atomic mass is 31.2. The topological polar surface area (TPSA) is 55.8 Å². The fourth-order valence-corrected chi connectivity index (χ4v) is 7.56. The van der Waals surface area contributed by atoms with E-state index in [9.17, 15) is 49.0 Å². The third kappa shape index (κ3) is 6.59. The molecule has 0 aromatic heterocycles. The number of hydrogen-bond acceptors (Lipinski definition) is 3. The highest BCUT2D eigenvalue weighted by Crippen LogP contribution is 2.59. The minimum Gasteiger partial charge on any atom is -0.394 e. The van der Waals surface area contributed by atoms with Gasteiger partial charge in [-0.15, -0.1) is 0 Å². The van der Waals surface area contributed by atoms with Crippen molar-refractivity contribution in [3.8, 4) is 22.6 Å². The molecule has 0 spiro atoms. The Hall–Kier alpha value is -5.00. The molecule has 14 heteroatoms.